The van der Waals surface area contributed by atoms with Gasteiger partial charge < -0.3 is 15.0 Å². The Hall–Kier alpha value is -0.410. The largest absolute Gasteiger partial charge is 0.309 e. The van der Waals surface area contributed by atoms with Crippen molar-refractivity contribution in [3.63, 3.8) is 0 Å². The molecule has 1 aliphatic carbocycles. The Balaban J connectivity index is 2.02. The van der Waals surface area contributed by atoms with Crippen LogP contribution in [0.3, 0.4) is 0 Å². The van der Waals surface area contributed by atoms with E-state index < -0.39 is 0 Å². The van der Waals surface area contributed by atoms with Gasteiger partial charge in [-0.2, -0.15) is 0 Å². The van der Waals surface area contributed by atoms with Crippen LogP contribution in [0, 0.1) is 0 Å². The second-order valence-corrected chi connectivity index (χ2v) is 3.79. The maximum Gasteiger partial charge on any atom is 0.133 e. The van der Waals surface area contributed by atoms with Gasteiger partial charge in [0.1, 0.15) is 6.29 Å². The molecule has 0 aromatic heterocycles. The van der Waals surface area contributed by atoms with E-state index in [4.69, 9.17) is 0 Å². The summed E-state index contributed by atoms with van der Waals surface area (Å²) in [6.07, 6.45) is 6.39. The van der Waals surface area contributed by atoms with Crippen molar-refractivity contribution in [3.05, 3.63) is 0 Å². The van der Waals surface area contributed by atoms with Gasteiger partial charge in [-0.25, -0.2) is 0 Å². The molecule has 0 spiro atoms. The number of rotatable bonds is 6. The predicted octanol–water partition coefficient (Wildman–Crippen LogP) is 0.649. The van der Waals surface area contributed by atoms with Gasteiger partial charge in [0, 0.05) is 19.1 Å². The second-order valence-electron chi connectivity index (χ2n) is 3.79. The Bertz CT molecular complexity index is 144. The number of carbonyl (C=O) groups is 1. The summed E-state index contributed by atoms with van der Waals surface area (Å²) in [6, 6.07) is 0.790. The summed E-state index contributed by atoms with van der Waals surface area (Å²) in [4.78, 5) is 12.4. The average molecular weight is 184 g/mol. The molecule has 1 rings (SSSR count). The highest BCUT2D eigenvalue weighted by Crippen LogP contribution is 2.21. The molecule has 0 aliphatic heterocycles. The van der Waals surface area contributed by atoms with Gasteiger partial charge in [0.25, 0.3) is 0 Å². The quantitative estimate of drug-likeness (QED) is 0.486. The van der Waals surface area contributed by atoms with E-state index in [1.807, 2.05) is 0 Å². The smallest absolute Gasteiger partial charge is 0.133 e. The second kappa shape index (κ2) is 6.11. The van der Waals surface area contributed by atoms with Crippen LogP contribution in [0.5, 0.6) is 0 Å². The Morgan fingerprint density at radius 2 is 2.15 bits per heavy atom. The molecule has 0 radical (unpaired) electrons. The van der Waals surface area contributed by atoms with Crippen LogP contribution in [0.2, 0.25) is 0 Å². The highest BCUT2D eigenvalue weighted by atomic mass is 16.1. The fourth-order valence-corrected chi connectivity index (χ4v) is 1.94. The average Bonchev–Trinajstić information content (AvgIpc) is 2.65. The monoisotopic (exact) mass is 184 g/mol. The lowest BCUT2D eigenvalue weighted by Crippen LogP contribution is -2.35. The molecule has 0 heterocycles. The molecule has 3 heteroatoms. The van der Waals surface area contributed by atoms with Crippen molar-refractivity contribution in [2.45, 2.75) is 31.7 Å². The number of carbonyl (C=O) groups excluding carboxylic acids is 1. The first-order chi connectivity index (χ1) is 6.34. The van der Waals surface area contributed by atoms with Crippen molar-refractivity contribution in [1.82, 2.24) is 10.2 Å². The van der Waals surface area contributed by atoms with Crippen LogP contribution in [0.15, 0.2) is 0 Å². The lowest BCUT2D eigenvalue weighted by Gasteiger charge is -2.23. The van der Waals surface area contributed by atoms with Gasteiger partial charge in [-0.1, -0.05) is 12.8 Å². The first kappa shape index (κ1) is 10.7. The predicted molar refractivity (Wildman–Crippen MR) is 53.8 cm³/mol. The van der Waals surface area contributed by atoms with Gasteiger partial charge in [-0.3, -0.25) is 0 Å². The van der Waals surface area contributed by atoms with Crippen LogP contribution in [-0.4, -0.2) is 43.9 Å². The van der Waals surface area contributed by atoms with E-state index in [0.29, 0.717) is 6.54 Å². The molecular formula is C10H20N2O. The lowest BCUT2D eigenvalue weighted by atomic mass is 10.2. The van der Waals surface area contributed by atoms with Gasteiger partial charge in [0.05, 0.1) is 6.54 Å². The van der Waals surface area contributed by atoms with Crippen molar-refractivity contribution in [3.8, 4) is 0 Å². The molecule has 1 aliphatic rings. The van der Waals surface area contributed by atoms with Crippen LogP contribution >= 0.6 is 0 Å². The normalized spacial score (nSPS) is 18.3. The summed E-state index contributed by atoms with van der Waals surface area (Å²) in [7, 11) is 2.18. The van der Waals surface area contributed by atoms with Crippen molar-refractivity contribution in [1.29, 1.82) is 0 Å². The Morgan fingerprint density at radius 1 is 1.46 bits per heavy atom. The fourth-order valence-electron chi connectivity index (χ4n) is 1.94. The third kappa shape index (κ3) is 3.87. The Labute approximate surface area is 80.5 Å². The van der Waals surface area contributed by atoms with Crippen molar-refractivity contribution < 1.29 is 4.79 Å². The van der Waals surface area contributed by atoms with E-state index in [2.05, 4.69) is 17.3 Å². The van der Waals surface area contributed by atoms with Crippen LogP contribution in [0.4, 0.5) is 0 Å². The summed E-state index contributed by atoms with van der Waals surface area (Å²) < 4.78 is 0. The van der Waals surface area contributed by atoms with Gasteiger partial charge >= 0.3 is 0 Å². The molecule has 0 amide bonds. The van der Waals surface area contributed by atoms with Crippen molar-refractivity contribution in [2.75, 3.05) is 26.7 Å². The van der Waals surface area contributed by atoms with Crippen LogP contribution in [0.25, 0.3) is 0 Å². The van der Waals surface area contributed by atoms with Gasteiger partial charge in [0.2, 0.25) is 0 Å². The Kier molecular flexibility index (Phi) is 5.01. The first-order valence-corrected chi connectivity index (χ1v) is 5.19. The van der Waals surface area contributed by atoms with Gasteiger partial charge in [-0.15, -0.1) is 0 Å². The summed E-state index contributed by atoms with van der Waals surface area (Å²) in [5.74, 6) is 0. The molecule has 1 N–H and O–H groups in total. The zero-order valence-corrected chi connectivity index (χ0v) is 8.46. The van der Waals surface area contributed by atoms with Crippen molar-refractivity contribution in [2.24, 2.45) is 0 Å². The molecule has 0 unspecified atom stereocenters. The minimum absolute atomic E-state index is 0.485. The maximum atomic E-state index is 10.0. The highest BCUT2D eigenvalue weighted by Gasteiger charge is 2.18. The molecule has 3 nitrogen and oxygen atoms in total. The fraction of sp³-hybridized carbons (Fsp3) is 0.900. The van der Waals surface area contributed by atoms with Gasteiger partial charge in [-0.05, 0) is 19.9 Å². The van der Waals surface area contributed by atoms with Crippen molar-refractivity contribution >= 4 is 6.29 Å². The molecular weight excluding hydrogens is 164 g/mol. The zero-order valence-electron chi connectivity index (χ0n) is 8.46. The van der Waals surface area contributed by atoms with Gasteiger partial charge in [0.15, 0.2) is 0 Å². The SMILES string of the molecule is CN(CCNCC=O)C1CCCC1. The van der Waals surface area contributed by atoms with E-state index in [0.717, 1.165) is 25.4 Å². The van der Waals surface area contributed by atoms with E-state index in [9.17, 15) is 4.79 Å². The third-order valence-corrected chi connectivity index (χ3v) is 2.82. The minimum atomic E-state index is 0.485. The number of aldehydes is 1. The number of hydrogen-bond donors (Lipinski definition) is 1. The highest BCUT2D eigenvalue weighted by molar-refractivity contribution is 5.51. The van der Waals surface area contributed by atoms with E-state index in [-0.39, 0.29) is 0 Å². The molecule has 0 saturated heterocycles. The molecule has 1 saturated carbocycles. The number of hydrogen-bond acceptors (Lipinski definition) is 3. The van der Waals surface area contributed by atoms with Crippen LogP contribution < -0.4 is 5.32 Å². The topological polar surface area (TPSA) is 32.3 Å². The third-order valence-electron chi connectivity index (χ3n) is 2.82. The van der Waals surface area contributed by atoms with E-state index >= 15 is 0 Å². The zero-order chi connectivity index (χ0) is 9.52. The lowest BCUT2D eigenvalue weighted by molar-refractivity contribution is -0.107. The summed E-state index contributed by atoms with van der Waals surface area (Å²) in [6.45, 7) is 2.46. The van der Waals surface area contributed by atoms with E-state index in [1.165, 1.54) is 25.7 Å². The molecule has 76 valence electrons. The molecule has 0 atom stereocenters. The summed E-state index contributed by atoms with van der Waals surface area (Å²) in [5, 5.41) is 3.08. The van der Waals surface area contributed by atoms with Crippen LogP contribution in [-0.2, 0) is 4.79 Å². The molecule has 0 bridgehead atoms. The number of nitrogens with one attached hydrogen (secondary N) is 1. The standard InChI is InChI=1S/C10H20N2O/c1-12(8-6-11-7-9-13)10-4-2-3-5-10/h9-11H,2-8H2,1H3. The summed E-state index contributed by atoms with van der Waals surface area (Å²) in [5.41, 5.74) is 0. The Morgan fingerprint density at radius 3 is 2.77 bits per heavy atom. The first-order valence-electron chi connectivity index (χ1n) is 5.19. The molecule has 1 fully saturated rings. The molecule has 0 aromatic carbocycles. The minimum Gasteiger partial charge on any atom is -0.309 e. The van der Waals surface area contributed by atoms with Crippen LogP contribution in [0.1, 0.15) is 25.7 Å². The maximum absolute atomic E-state index is 10.0. The molecule has 13 heavy (non-hydrogen) atoms. The summed E-state index contributed by atoms with van der Waals surface area (Å²) >= 11 is 0. The molecule has 0 aromatic rings. The number of nitrogens with zero attached hydrogens (tertiary/aromatic N) is 1. The number of likely N-dealkylation sites (N-methyl/N-ethyl adjacent to an activating group) is 1. The van der Waals surface area contributed by atoms with E-state index in [1.54, 1.807) is 0 Å².